The van der Waals surface area contributed by atoms with E-state index in [4.69, 9.17) is 15.5 Å². The number of nitrogens with zero attached hydrogens (tertiary/aromatic N) is 3. The molecular formula is C27H30N4O2. The molecule has 1 atom stereocenters. The molecule has 170 valence electrons. The molecule has 3 aromatic rings. The molecule has 0 radical (unpaired) electrons. The topological polar surface area (TPSA) is 71.7 Å². The summed E-state index contributed by atoms with van der Waals surface area (Å²) in [6.45, 7) is 4.44. The van der Waals surface area contributed by atoms with Gasteiger partial charge in [-0.15, -0.1) is 0 Å². The van der Waals surface area contributed by atoms with Gasteiger partial charge in [0.15, 0.2) is 0 Å². The van der Waals surface area contributed by atoms with Gasteiger partial charge in [0, 0.05) is 50.0 Å². The molecule has 0 aliphatic carbocycles. The molecule has 5 rings (SSSR count). The van der Waals surface area contributed by atoms with Crippen molar-refractivity contribution in [2.45, 2.75) is 25.5 Å². The normalized spacial score (nSPS) is 18.7. The monoisotopic (exact) mass is 442 g/mol. The van der Waals surface area contributed by atoms with Gasteiger partial charge in [-0.1, -0.05) is 30.3 Å². The van der Waals surface area contributed by atoms with E-state index in [9.17, 15) is 4.79 Å². The third-order valence-corrected chi connectivity index (χ3v) is 6.59. The van der Waals surface area contributed by atoms with Crippen molar-refractivity contribution in [1.82, 2.24) is 9.88 Å². The predicted molar refractivity (Wildman–Crippen MR) is 130 cm³/mol. The van der Waals surface area contributed by atoms with Gasteiger partial charge in [-0.2, -0.15) is 0 Å². The molecule has 0 bridgehead atoms. The van der Waals surface area contributed by atoms with Crippen LogP contribution in [0.25, 0.3) is 11.3 Å². The van der Waals surface area contributed by atoms with Gasteiger partial charge in [-0.05, 0) is 54.3 Å². The number of aryl methyl sites for hydroxylation is 1. The van der Waals surface area contributed by atoms with E-state index >= 15 is 0 Å². The van der Waals surface area contributed by atoms with E-state index in [1.54, 1.807) is 12.1 Å². The van der Waals surface area contributed by atoms with Crippen LogP contribution in [0.15, 0.2) is 60.7 Å². The summed E-state index contributed by atoms with van der Waals surface area (Å²) in [5.41, 5.74) is 12.7. The quantitative estimate of drug-likeness (QED) is 0.651. The minimum Gasteiger partial charge on any atom is -0.374 e. The number of amides is 1. The summed E-state index contributed by atoms with van der Waals surface area (Å²) < 4.78 is 6.10. The van der Waals surface area contributed by atoms with Gasteiger partial charge < -0.3 is 15.4 Å². The second-order valence-electron chi connectivity index (χ2n) is 8.98. The number of nitrogens with two attached hydrogens (primary N) is 1. The average Bonchev–Trinajstić information content (AvgIpc) is 2.84. The van der Waals surface area contributed by atoms with Crippen molar-refractivity contribution >= 4 is 11.6 Å². The lowest BCUT2D eigenvalue weighted by Gasteiger charge is -2.33. The average molecular weight is 443 g/mol. The number of benzene rings is 2. The maximum absolute atomic E-state index is 11.6. The van der Waals surface area contributed by atoms with E-state index in [2.05, 4.69) is 35.0 Å². The lowest BCUT2D eigenvalue weighted by molar-refractivity contribution is -0.0349. The third kappa shape index (κ3) is 4.77. The number of ether oxygens (including phenoxy) is 1. The fraction of sp³-hybridized carbons (Fsp3) is 0.333. The van der Waals surface area contributed by atoms with E-state index in [1.165, 1.54) is 23.2 Å². The molecule has 0 unspecified atom stereocenters. The summed E-state index contributed by atoms with van der Waals surface area (Å²) >= 11 is 0. The van der Waals surface area contributed by atoms with E-state index in [1.807, 2.05) is 30.3 Å². The van der Waals surface area contributed by atoms with Crippen LogP contribution in [0, 0.1) is 0 Å². The number of rotatable bonds is 5. The third-order valence-electron chi connectivity index (χ3n) is 6.59. The van der Waals surface area contributed by atoms with Crippen LogP contribution >= 0.6 is 0 Å². The van der Waals surface area contributed by atoms with Crippen molar-refractivity contribution in [1.29, 1.82) is 0 Å². The van der Waals surface area contributed by atoms with Crippen molar-refractivity contribution in [3.05, 3.63) is 83.0 Å². The van der Waals surface area contributed by atoms with Crippen LogP contribution in [-0.2, 0) is 17.7 Å². The molecule has 2 aliphatic heterocycles. The molecule has 33 heavy (non-hydrogen) atoms. The van der Waals surface area contributed by atoms with Gasteiger partial charge >= 0.3 is 0 Å². The number of fused-ring (bicyclic) bond motifs is 1. The van der Waals surface area contributed by atoms with Gasteiger partial charge in [-0.3, -0.25) is 14.7 Å². The molecule has 1 fully saturated rings. The molecule has 2 aliphatic rings. The molecule has 2 aromatic carbocycles. The predicted octanol–water partition coefficient (Wildman–Crippen LogP) is 3.80. The second-order valence-corrected chi connectivity index (χ2v) is 8.98. The van der Waals surface area contributed by atoms with Gasteiger partial charge in [0.25, 0.3) is 0 Å². The molecule has 0 saturated carbocycles. The molecule has 2 N–H and O–H groups in total. The summed E-state index contributed by atoms with van der Waals surface area (Å²) in [6.07, 6.45) is 2.30. The van der Waals surface area contributed by atoms with Crippen molar-refractivity contribution in [3.63, 3.8) is 0 Å². The van der Waals surface area contributed by atoms with Crippen molar-refractivity contribution in [2.24, 2.45) is 5.73 Å². The first-order valence-electron chi connectivity index (χ1n) is 11.6. The highest BCUT2D eigenvalue weighted by molar-refractivity contribution is 5.94. The molecule has 6 heteroatoms. The van der Waals surface area contributed by atoms with Gasteiger partial charge in [0.2, 0.25) is 5.91 Å². The maximum Gasteiger partial charge on any atom is 0.248 e. The van der Waals surface area contributed by atoms with Crippen molar-refractivity contribution in [3.8, 4) is 11.3 Å². The highest BCUT2D eigenvalue weighted by Crippen LogP contribution is 2.29. The van der Waals surface area contributed by atoms with E-state index in [-0.39, 0.29) is 6.10 Å². The van der Waals surface area contributed by atoms with Crippen LogP contribution in [0.4, 0.5) is 5.69 Å². The standard InChI is InChI=1S/C27H30N4O2/c1-30-12-4-7-21-15-19(10-11-25(21)30)17-31-13-14-33-26(18-31)24-9-3-8-23(29-24)20-5-2-6-22(16-20)27(28)32/h2-3,5-6,8-11,15-16,26H,4,7,12-14,17-18H2,1H3,(H2,28,32)/t26-/m0/s1. The van der Waals surface area contributed by atoms with Crippen LogP contribution in [0.3, 0.4) is 0 Å². The van der Waals surface area contributed by atoms with E-state index in [0.29, 0.717) is 12.2 Å². The first-order chi connectivity index (χ1) is 16.1. The Morgan fingerprint density at radius 3 is 2.88 bits per heavy atom. The largest absolute Gasteiger partial charge is 0.374 e. The Morgan fingerprint density at radius 1 is 1.12 bits per heavy atom. The van der Waals surface area contributed by atoms with Crippen LogP contribution in [-0.4, -0.2) is 49.1 Å². The SMILES string of the molecule is CN1CCCc2cc(CN3CCO[C@H](c4cccc(-c5cccc(C(N)=O)c5)n4)C3)ccc21. The number of carbonyl (C=O) groups excluding carboxylic acids is 1. The number of anilines is 1. The maximum atomic E-state index is 11.6. The lowest BCUT2D eigenvalue weighted by Crippen LogP contribution is -2.38. The number of hydrogen-bond donors (Lipinski definition) is 1. The van der Waals surface area contributed by atoms with Crippen molar-refractivity contribution < 1.29 is 9.53 Å². The fourth-order valence-corrected chi connectivity index (χ4v) is 4.84. The van der Waals surface area contributed by atoms with Crippen LogP contribution in [0.5, 0.6) is 0 Å². The summed E-state index contributed by atoms with van der Waals surface area (Å²) in [5.74, 6) is -0.437. The van der Waals surface area contributed by atoms with Crippen LogP contribution in [0.2, 0.25) is 0 Å². The molecule has 1 amide bonds. The number of primary amides is 1. The molecule has 0 spiro atoms. The van der Waals surface area contributed by atoms with Crippen LogP contribution < -0.4 is 10.6 Å². The fourth-order valence-electron chi connectivity index (χ4n) is 4.84. The number of aromatic nitrogens is 1. The zero-order valence-corrected chi connectivity index (χ0v) is 19.0. The number of pyridine rings is 1. The molecule has 3 heterocycles. The molecule has 1 aromatic heterocycles. The highest BCUT2D eigenvalue weighted by Gasteiger charge is 2.24. The highest BCUT2D eigenvalue weighted by atomic mass is 16.5. The Hall–Kier alpha value is -3.22. The minimum absolute atomic E-state index is 0.0817. The Bertz CT molecular complexity index is 1160. The number of morpholine rings is 1. The Labute approximate surface area is 195 Å². The zero-order valence-electron chi connectivity index (χ0n) is 19.0. The Morgan fingerprint density at radius 2 is 2.00 bits per heavy atom. The van der Waals surface area contributed by atoms with Gasteiger partial charge in [0.1, 0.15) is 6.10 Å². The summed E-state index contributed by atoms with van der Waals surface area (Å²) in [5, 5.41) is 0. The van der Waals surface area contributed by atoms with Crippen LogP contribution in [0.1, 0.15) is 39.7 Å². The van der Waals surface area contributed by atoms with E-state index < -0.39 is 5.91 Å². The van der Waals surface area contributed by atoms with Crippen molar-refractivity contribution in [2.75, 3.05) is 38.2 Å². The molecule has 1 saturated heterocycles. The Kier molecular flexibility index (Phi) is 6.11. The molecular weight excluding hydrogens is 412 g/mol. The second kappa shape index (κ2) is 9.33. The first kappa shape index (κ1) is 21.6. The summed E-state index contributed by atoms with van der Waals surface area (Å²) in [6, 6.07) is 20.2. The Balaban J connectivity index is 1.31. The van der Waals surface area contributed by atoms with E-state index in [0.717, 1.165) is 49.6 Å². The van der Waals surface area contributed by atoms with Gasteiger partial charge in [-0.25, -0.2) is 0 Å². The zero-order chi connectivity index (χ0) is 22.8. The summed E-state index contributed by atoms with van der Waals surface area (Å²) in [4.78, 5) is 21.2. The number of carbonyl (C=O) groups is 1. The number of hydrogen-bond acceptors (Lipinski definition) is 5. The molecule has 6 nitrogen and oxygen atoms in total. The van der Waals surface area contributed by atoms with Gasteiger partial charge in [0.05, 0.1) is 18.0 Å². The smallest absolute Gasteiger partial charge is 0.248 e. The first-order valence-corrected chi connectivity index (χ1v) is 11.6. The summed E-state index contributed by atoms with van der Waals surface area (Å²) in [7, 11) is 2.18. The lowest BCUT2D eigenvalue weighted by atomic mass is 9.99. The minimum atomic E-state index is -0.437.